The van der Waals surface area contributed by atoms with Crippen molar-refractivity contribution in [3.8, 4) is 0 Å². The summed E-state index contributed by atoms with van der Waals surface area (Å²) in [4.78, 5) is 2.43. The van der Waals surface area contributed by atoms with Crippen LogP contribution < -0.4 is 5.32 Å². The Labute approximate surface area is 108 Å². The highest BCUT2D eigenvalue weighted by atomic mass is 16.5. The quantitative estimate of drug-likeness (QED) is 0.796. The highest BCUT2D eigenvalue weighted by molar-refractivity contribution is 4.92. The minimum absolute atomic E-state index is 0.445. The zero-order chi connectivity index (χ0) is 13.0. The van der Waals surface area contributed by atoms with E-state index in [1.54, 1.807) is 0 Å². The van der Waals surface area contributed by atoms with Gasteiger partial charge in [0.25, 0.3) is 0 Å². The third-order valence-corrected chi connectivity index (χ3v) is 3.43. The molecule has 0 saturated carbocycles. The lowest BCUT2D eigenvalue weighted by molar-refractivity contribution is 0.0343. The lowest BCUT2D eigenvalue weighted by atomic mass is 10.3. The Balaban J connectivity index is 1.74. The maximum absolute atomic E-state index is 5.35. The van der Waals surface area contributed by atoms with Crippen LogP contribution in [0.15, 0.2) is 0 Å². The third kappa shape index (κ3) is 3.51. The molecule has 0 bridgehead atoms. The molecule has 0 amide bonds. The molecule has 18 heavy (non-hydrogen) atoms. The van der Waals surface area contributed by atoms with Crippen LogP contribution >= 0.6 is 0 Å². The molecule has 2 rings (SSSR count). The van der Waals surface area contributed by atoms with Crippen molar-refractivity contribution in [3.63, 3.8) is 0 Å². The Kier molecular flexibility index (Phi) is 4.68. The van der Waals surface area contributed by atoms with Crippen LogP contribution in [0.5, 0.6) is 0 Å². The van der Waals surface area contributed by atoms with E-state index in [0.29, 0.717) is 6.04 Å². The number of nitrogens with zero attached hydrogens (tertiary/aromatic N) is 4. The Hall–Kier alpha value is -0.980. The van der Waals surface area contributed by atoms with Gasteiger partial charge < -0.3 is 14.6 Å². The molecule has 1 N–H and O–H groups in total. The van der Waals surface area contributed by atoms with Gasteiger partial charge in [-0.15, -0.1) is 10.2 Å². The molecule has 6 nitrogen and oxygen atoms in total. The van der Waals surface area contributed by atoms with E-state index >= 15 is 0 Å². The van der Waals surface area contributed by atoms with Gasteiger partial charge in [-0.3, -0.25) is 4.90 Å². The summed E-state index contributed by atoms with van der Waals surface area (Å²) in [5, 5.41) is 11.7. The van der Waals surface area contributed by atoms with Crippen molar-refractivity contribution < 1.29 is 4.74 Å². The number of nitrogens with one attached hydrogen (secondary N) is 1. The van der Waals surface area contributed by atoms with Crippen LogP contribution in [0.25, 0.3) is 0 Å². The summed E-state index contributed by atoms with van der Waals surface area (Å²) in [6, 6.07) is 0.445. The van der Waals surface area contributed by atoms with Gasteiger partial charge in [0.1, 0.15) is 11.6 Å². The maximum Gasteiger partial charge on any atom is 0.146 e. The number of aromatic nitrogens is 3. The van der Waals surface area contributed by atoms with Crippen LogP contribution in [-0.2, 0) is 18.3 Å². The van der Waals surface area contributed by atoms with Gasteiger partial charge >= 0.3 is 0 Å². The van der Waals surface area contributed by atoms with Crippen LogP contribution in [0.1, 0.15) is 18.6 Å². The molecule has 2 heterocycles. The Bertz CT molecular complexity index is 373. The summed E-state index contributed by atoms with van der Waals surface area (Å²) in [5.41, 5.74) is 0. The van der Waals surface area contributed by atoms with E-state index in [1.807, 2.05) is 18.5 Å². The topological polar surface area (TPSA) is 55.2 Å². The fraction of sp³-hybridized carbons (Fsp3) is 0.833. The van der Waals surface area contributed by atoms with E-state index in [-0.39, 0.29) is 0 Å². The van der Waals surface area contributed by atoms with Gasteiger partial charge in [-0.2, -0.15) is 0 Å². The van der Waals surface area contributed by atoms with Gasteiger partial charge in [0, 0.05) is 32.7 Å². The van der Waals surface area contributed by atoms with Crippen LogP contribution in [0, 0.1) is 6.92 Å². The highest BCUT2D eigenvalue weighted by Crippen LogP contribution is 2.00. The molecule has 1 aromatic rings. The summed E-state index contributed by atoms with van der Waals surface area (Å²) in [5.74, 6) is 1.94. The van der Waals surface area contributed by atoms with Crippen molar-refractivity contribution in [2.75, 3.05) is 32.8 Å². The molecule has 1 unspecified atom stereocenters. The molecule has 1 aliphatic rings. The molecule has 1 atom stereocenters. The maximum atomic E-state index is 5.35. The molecule has 0 radical (unpaired) electrons. The highest BCUT2D eigenvalue weighted by Gasteiger charge is 2.14. The summed E-state index contributed by atoms with van der Waals surface area (Å²) in [7, 11) is 2.00. The molecular formula is C12H23N5O. The fourth-order valence-corrected chi connectivity index (χ4v) is 2.11. The monoisotopic (exact) mass is 253 g/mol. The second-order valence-corrected chi connectivity index (χ2v) is 4.92. The SMILES string of the molecule is Cc1nnc(CNC(C)CN2CCOCC2)n1C. The molecule has 102 valence electrons. The van der Waals surface area contributed by atoms with Crippen LogP contribution in [0.2, 0.25) is 0 Å². The normalized spacial score (nSPS) is 19.1. The van der Waals surface area contributed by atoms with E-state index in [0.717, 1.165) is 51.0 Å². The second-order valence-electron chi connectivity index (χ2n) is 4.92. The Morgan fingerprint density at radius 2 is 2.06 bits per heavy atom. The van der Waals surface area contributed by atoms with E-state index in [9.17, 15) is 0 Å². The number of aryl methyl sites for hydroxylation is 1. The zero-order valence-corrected chi connectivity index (χ0v) is 11.5. The molecule has 1 saturated heterocycles. The summed E-state index contributed by atoms with van der Waals surface area (Å²) in [6.45, 7) is 9.78. The number of hydrogen-bond donors (Lipinski definition) is 1. The van der Waals surface area contributed by atoms with Crippen LogP contribution in [-0.4, -0.2) is 58.6 Å². The standard InChI is InChI=1S/C12H23N5O/c1-10(9-17-4-6-18-7-5-17)13-8-12-15-14-11(2)16(12)3/h10,13H,4-9H2,1-3H3. The van der Waals surface area contributed by atoms with Crippen LogP contribution in [0.4, 0.5) is 0 Å². The first-order valence-electron chi connectivity index (χ1n) is 6.55. The first-order valence-corrected chi connectivity index (χ1v) is 6.55. The van der Waals surface area contributed by atoms with Crippen molar-refractivity contribution in [1.29, 1.82) is 0 Å². The van der Waals surface area contributed by atoms with Gasteiger partial charge in [-0.1, -0.05) is 0 Å². The summed E-state index contributed by atoms with van der Waals surface area (Å²) < 4.78 is 7.37. The number of ether oxygens (including phenoxy) is 1. The average molecular weight is 253 g/mol. The minimum Gasteiger partial charge on any atom is -0.379 e. The predicted molar refractivity (Wildman–Crippen MR) is 69.3 cm³/mol. The number of rotatable bonds is 5. The number of hydrogen-bond acceptors (Lipinski definition) is 5. The largest absolute Gasteiger partial charge is 0.379 e. The van der Waals surface area contributed by atoms with E-state index in [4.69, 9.17) is 4.74 Å². The second kappa shape index (κ2) is 6.26. The van der Waals surface area contributed by atoms with Crippen LogP contribution in [0.3, 0.4) is 0 Å². The third-order valence-electron chi connectivity index (χ3n) is 3.43. The lowest BCUT2D eigenvalue weighted by Gasteiger charge is -2.29. The number of morpholine rings is 1. The summed E-state index contributed by atoms with van der Waals surface area (Å²) in [6.07, 6.45) is 0. The van der Waals surface area contributed by atoms with Gasteiger partial charge in [0.2, 0.25) is 0 Å². The van der Waals surface area contributed by atoms with Crippen molar-refractivity contribution in [2.45, 2.75) is 26.4 Å². The zero-order valence-electron chi connectivity index (χ0n) is 11.5. The molecule has 0 aromatic carbocycles. The Morgan fingerprint density at radius 3 is 2.67 bits per heavy atom. The van der Waals surface area contributed by atoms with Crippen molar-refractivity contribution in [2.24, 2.45) is 7.05 Å². The molecule has 0 aliphatic carbocycles. The van der Waals surface area contributed by atoms with E-state index in [2.05, 4.69) is 27.3 Å². The van der Waals surface area contributed by atoms with Gasteiger partial charge in [0.05, 0.1) is 19.8 Å². The summed E-state index contributed by atoms with van der Waals surface area (Å²) >= 11 is 0. The van der Waals surface area contributed by atoms with Crippen molar-refractivity contribution in [3.05, 3.63) is 11.6 Å². The first kappa shape index (κ1) is 13.5. The molecule has 1 aliphatic heterocycles. The fourth-order valence-electron chi connectivity index (χ4n) is 2.11. The molecule has 0 spiro atoms. The van der Waals surface area contributed by atoms with Gasteiger partial charge in [0.15, 0.2) is 0 Å². The van der Waals surface area contributed by atoms with Crippen molar-refractivity contribution in [1.82, 2.24) is 25.0 Å². The van der Waals surface area contributed by atoms with Crippen molar-refractivity contribution >= 4 is 0 Å². The first-order chi connectivity index (χ1) is 8.66. The van der Waals surface area contributed by atoms with Gasteiger partial charge in [-0.05, 0) is 13.8 Å². The molecular weight excluding hydrogens is 230 g/mol. The minimum atomic E-state index is 0.445. The molecule has 1 fully saturated rings. The van der Waals surface area contributed by atoms with E-state index in [1.165, 1.54) is 0 Å². The van der Waals surface area contributed by atoms with E-state index < -0.39 is 0 Å². The molecule has 6 heteroatoms. The average Bonchev–Trinajstić information content (AvgIpc) is 2.69. The smallest absolute Gasteiger partial charge is 0.146 e. The molecule has 1 aromatic heterocycles. The Morgan fingerprint density at radius 1 is 1.33 bits per heavy atom. The lowest BCUT2D eigenvalue weighted by Crippen LogP contribution is -2.44. The predicted octanol–water partition coefficient (Wildman–Crippen LogP) is -0.0662. The van der Waals surface area contributed by atoms with Gasteiger partial charge in [-0.25, -0.2) is 0 Å².